The highest BCUT2D eigenvalue weighted by molar-refractivity contribution is 7.99. The Morgan fingerprint density at radius 2 is 2.29 bits per heavy atom. The van der Waals surface area contributed by atoms with Gasteiger partial charge in [-0.2, -0.15) is 5.26 Å². The van der Waals surface area contributed by atoms with Crippen LogP contribution in [0.4, 0.5) is 0 Å². The Bertz CT molecular complexity index is 344. The summed E-state index contributed by atoms with van der Waals surface area (Å²) in [6.07, 6.45) is 1.00. The van der Waals surface area contributed by atoms with Gasteiger partial charge in [0.05, 0.1) is 23.8 Å². The van der Waals surface area contributed by atoms with Crippen LogP contribution in [0.5, 0.6) is 5.75 Å². The van der Waals surface area contributed by atoms with Crippen molar-refractivity contribution >= 4 is 11.8 Å². The van der Waals surface area contributed by atoms with E-state index in [1.807, 2.05) is 6.07 Å². The third-order valence-corrected chi connectivity index (χ3v) is 2.83. The molecule has 0 spiro atoms. The van der Waals surface area contributed by atoms with Crippen molar-refractivity contribution in [2.45, 2.75) is 18.2 Å². The smallest absolute Gasteiger partial charge is 0.132 e. The molecule has 0 N–H and O–H groups in total. The summed E-state index contributed by atoms with van der Waals surface area (Å²) in [5.74, 6) is 1.31. The minimum atomic E-state index is 0.462. The van der Waals surface area contributed by atoms with Crippen LogP contribution in [-0.2, 0) is 6.42 Å². The van der Waals surface area contributed by atoms with Crippen molar-refractivity contribution in [3.8, 4) is 11.8 Å². The van der Waals surface area contributed by atoms with Gasteiger partial charge in [-0.15, -0.1) is 11.8 Å². The number of nitriles is 1. The zero-order valence-electron chi connectivity index (χ0n) is 8.41. The third-order valence-electron chi connectivity index (χ3n) is 1.93. The van der Waals surface area contributed by atoms with Gasteiger partial charge in [0.1, 0.15) is 5.75 Å². The molecule has 0 amide bonds. The molecular weight excluding hydrogens is 194 g/mol. The topological polar surface area (TPSA) is 33.0 Å². The molecule has 0 radical (unpaired) electrons. The lowest BCUT2D eigenvalue weighted by Crippen LogP contribution is -1.89. The number of aryl methyl sites for hydroxylation is 1. The Labute approximate surface area is 88.9 Å². The molecule has 0 aliphatic heterocycles. The van der Waals surface area contributed by atoms with Gasteiger partial charge >= 0.3 is 0 Å². The first-order valence-corrected chi connectivity index (χ1v) is 5.47. The second-order valence-electron chi connectivity index (χ2n) is 2.79. The van der Waals surface area contributed by atoms with Crippen molar-refractivity contribution < 1.29 is 4.74 Å². The average Bonchev–Trinajstić information content (AvgIpc) is 2.25. The van der Waals surface area contributed by atoms with Gasteiger partial charge in [0.25, 0.3) is 0 Å². The van der Waals surface area contributed by atoms with E-state index in [0.717, 1.165) is 17.1 Å². The molecule has 0 saturated heterocycles. The van der Waals surface area contributed by atoms with Crippen molar-refractivity contribution in [1.29, 1.82) is 5.26 Å². The van der Waals surface area contributed by atoms with Crippen LogP contribution in [0.25, 0.3) is 0 Å². The lowest BCUT2D eigenvalue weighted by molar-refractivity contribution is 0.404. The zero-order chi connectivity index (χ0) is 10.4. The quantitative estimate of drug-likeness (QED) is 0.712. The Kier molecular flexibility index (Phi) is 4.34. The molecule has 0 unspecified atom stereocenters. The fraction of sp³-hybridized carbons (Fsp3) is 0.364. The molecule has 0 atom stereocenters. The summed E-state index contributed by atoms with van der Waals surface area (Å²) in [5, 5.41) is 8.51. The van der Waals surface area contributed by atoms with Crippen LogP contribution in [-0.4, -0.2) is 12.9 Å². The minimum absolute atomic E-state index is 0.462. The molecule has 0 bridgehead atoms. The van der Waals surface area contributed by atoms with Crippen LogP contribution in [0, 0.1) is 11.3 Å². The van der Waals surface area contributed by atoms with E-state index in [0.29, 0.717) is 5.75 Å². The number of nitrogens with zero attached hydrogens (tertiary/aromatic N) is 1. The van der Waals surface area contributed by atoms with Crippen molar-refractivity contribution in [2.24, 2.45) is 0 Å². The third kappa shape index (κ3) is 2.68. The number of benzene rings is 1. The van der Waals surface area contributed by atoms with E-state index >= 15 is 0 Å². The standard InChI is InChI=1S/C11H13NOS/c1-3-9-4-5-10(13-2)11(8-9)14-7-6-12/h4-5,8H,3,7H2,1-2H3. The summed E-state index contributed by atoms with van der Waals surface area (Å²) in [5.41, 5.74) is 1.27. The fourth-order valence-electron chi connectivity index (χ4n) is 1.16. The average molecular weight is 207 g/mol. The first kappa shape index (κ1) is 10.9. The van der Waals surface area contributed by atoms with Gasteiger partial charge in [-0.25, -0.2) is 0 Å². The highest BCUT2D eigenvalue weighted by Crippen LogP contribution is 2.29. The summed E-state index contributed by atoms with van der Waals surface area (Å²) in [6, 6.07) is 8.20. The predicted octanol–water partition coefficient (Wildman–Crippen LogP) is 2.87. The van der Waals surface area contributed by atoms with Gasteiger partial charge in [0, 0.05) is 0 Å². The highest BCUT2D eigenvalue weighted by Gasteiger charge is 2.03. The normalized spacial score (nSPS) is 9.50. The Hall–Kier alpha value is -1.14. The first-order chi connectivity index (χ1) is 6.81. The molecule has 0 aromatic heterocycles. The SMILES string of the molecule is CCc1ccc(OC)c(SCC#N)c1. The van der Waals surface area contributed by atoms with Gasteiger partial charge in [-0.1, -0.05) is 13.0 Å². The Balaban J connectivity index is 2.91. The maximum absolute atomic E-state index is 8.51. The molecule has 1 aromatic rings. The number of hydrogen-bond donors (Lipinski definition) is 0. The van der Waals surface area contributed by atoms with Crippen LogP contribution in [0.1, 0.15) is 12.5 Å². The molecule has 1 aromatic carbocycles. The monoisotopic (exact) mass is 207 g/mol. The zero-order valence-corrected chi connectivity index (χ0v) is 9.23. The van der Waals surface area contributed by atoms with E-state index in [9.17, 15) is 0 Å². The number of rotatable bonds is 4. The van der Waals surface area contributed by atoms with Crippen molar-refractivity contribution in [2.75, 3.05) is 12.9 Å². The molecule has 3 heteroatoms. The molecule has 0 aliphatic rings. The number of hydrogen-bond acceptors (Lipinski definition) is 3. The predicted molar refractivity (Wildman–Crippen MR) is 58.7 cm³/mol. The van der Waals surface area contributed by atoms with Gasteiger partial charge < -0.3 is 4.74 Å². The van der Waals surface area contributed by atoms with Gasteiger partial charge in [-0.3, -0.25) is 0 Å². The van der Waals surface area contributed by atoms with Crippen molar-refractivity contribution in [3.05, 3.63) is 23.8 Å². The molecule has 74 valence electrons. The summed E-state index contributed by atoms with van der Waals surface area (Å²) in [4.78, 5) is 1.05. The lowest BCUT2D eigenvalue weighted by Gasteiger charge is -2.07. The van der Waals surface area contributed by atoms with Gasteiger partial charge in [0.15, 0.2) is 0 Å². The minimum Gasteiger partial charge on any atom is -0.496 e. The molecule has 0 heterocycles. The fourth-order valence-corrected chi connectivity index (χ4v) is 1.91. The largest absolute Gasteiger partial charge is 0.496 e. The van der Waals surface area contributed by atoms with Crippen LogP contribution < -0.4 is 4.74 Å². The molecule has 0 fully saturated rings. The Morgan fingerprint density at radius 1 is 1.50 bits per heavy atom. The first-order valence-electron chi connectivity index (χ1n) is 4.48. The molecule has 0 saturated carbocycles. The summed E-state index contributed by atoms with van der Waals surface area (Å²) >= 11 is 1.52. The molecule has 14 heavy (non-hydrogen) atoms. The second kappa shape index (κ2) is 5.56. The van der Waals surface area contributed by atoms with E-state index in [1.54, 1.807) is 7.11 Å². The van der Waals surface area contributed by atoms with Gasteiger partial charge in [-0.05, 0) is 24.1 Å². The highest BCUT2D eigenvalue weighted by atomic mass is 32.2. The molecular formula is C11H13NOS. The molecule has 2 nitrogen and oxygen atoms in total. The van der Waals surface area contributed by atoms with Crippen molar-refractivity contribution in [3.63, 3.8) is 0 Å². The van der Waals surface area contributed by atoms with E-state index in [4.69, 9.17) is 10.00 Å². The summed E-state index contributed by atoms with van der Waals surface area (Å²) in [7, 11) is 1.65. The second-order valence-corrected chi connectivity index (χ2v) is 3.80. The summed E-state index contributed by atoms with van der Waals surface area (Å²) < 4.78 is 5.21. The number of thioether (sulfide) groups is 1. The Morgan fingerprint density at radius 3 is 2.86 bits per heavy atom. The van der Waals surface area contributed by atoms with Crippen LogP contribution in [0.3, 0.4) is 0 Å². The van der Waals surface area contributed by atoms with E-state index in [-0.39, 0.29) is 0 Å². The maximum atomic E-state index is 8.51. The number of ether oxygens (including phenoxy) is 1. The molecule has 1 rings (SSSR count). The van der Waals surface area contributed by atoms with Crippen LogP contribution >= 0.6 is 11.8 Å². The van der Waals surface area contributed by atoms with Crippen LogP contribution in [0.2, 0.25) is 0 Å². The van der Waals surface area contributed by atoms with Gasteiger partial charge in [0.2, 0.25) is 0 Å². The van der Waals surface area contributed by atoms with E-state index in [2.05, 4.69) is 25.1 Å². The van der Waals surface area contributed by atoms with Crippen molar-refractivity contribution in [1.82, 2.24) is 0 Å². The van der Waals surface area contributed by atoms with E-state index < -0.39 is 0 Å². The lowest BCUT2D eigenvalue weighted by atomic mass is 10.2. The van der Waals surface area contributed by atoms with Crippen LogP contribution in [0.15, 0.2) is 23.1 Å². The maximum Gasteiger partial charge on any atom is 0.132 e. The molecule has 0 aliphatic carbocycles. The van der Waals surface area contributed by atoms with E-state index in [1.165, 1.54) is 17.3 Å². The summed E-state index contributed by atoms with van der Waals surface area (Å²) in [6.45, 7) is 2.11. The number of methoxy groups -OCH3 is 1.